The van der Waals surface area contributed by atoms with Crippen molar-refractivity contribution in [1.82, 2.24) is 0 Å². The van der Waals surface area contributed by atoms with Gasteiger partial charge in [-0.05, 0) is 65.3 Å². The van der Waals surface area contributed by atoms with Crippen molar-refractivity contribution in [2.24, 2.45) is 5.41 Å². The second-order valence-corrected chi connectivity index (χ2v) is 11.8. The fourth-order valence-corrected chi connectivity index (χ4v) is 5.43. The average molecular weight is 593 g/mol. The lowest BCUT2D eigenvalue weighted by Gasteiger charge is -2.42. The summed E-state index contributed by atoms with van der Waals surface area (Å²) < 4.78 is 66.9. The Labute approximate surface area is 250 Å². The predicted octanol–water partition coefficient (Wildman–Crippen LogP) is 9.10. The Balaban J connectivity index is 1.18. The summed E-state index contributed by atoms with van der Waals surface area (Å²) in [6.45, 7) is 5.17. The molecule has 4 aromatic rings. The zero-order valence-electron chi connectivity index (χ0n) is 24.4. The molecule has 0 bridgehead atoms. The topological polar surface area (TPSA) is 38.7 Å². The van der Waals surface area contributed by atoms with Gasteiger partial charge in [0.05, 0.1) is 13.2 Å². The van der Waals surface area contributed by atoms with Crippen LogP contribution in [0, 0.1) is 28.7 Å². The Kier molecular flexibility index (Phi) is 9.35. The molecule has 3 nitrogen and oxygen atoms in total. The fourth-order valence-electron chi connectivity index (χ4n) is 5.43. The molecule has 0 spiro atoms. The molecule has 0 unspecified atom stereocenters. The number of benzene rings is 4. The van der Waals surface area contributed by atoms with Crippen molar-refractivity contribution in [2.75, 3.05) is 13.2 Å². The molecule has 7 heteroatoms. The standard InChI is InChI=1S/C36H36F4O3/c1-3-4-5-18-35(2)22-42-36(41,43-23-35)29-15-13-27(14-16-29)26-11-8-24(9-12-26)6-7-25-10-17-30(31(37)19-25)28-20-32(38)34(40)33(39)21-28/h8-17,19-21,41H,3-7,18,22-23H2,1-2H3. The summed E-state index contributed by atoms with van der Waals surface area (Å²) in [5.74, 6) is -6.68. The number of halogens is 4. The van der Waals surface area contributed by atoms with Crippen LogP contribution in [0.5, 0.6) is 0 Å². The van der Waals surface area contributed by atoms with Crippen molar-refractivity contribution < 1.29 is 32.1 Å². The third-order valence-electron chi connectivity index (χ3n) is 8.18. The van der Waals surface area contributed by atoms with Gasteiger partial charge in [-0.1, -0.05) is 93.8 Å². The van der Waals surface area contributed by atoms with E-state index < -0.39 is 29.2 Å². The second-order valence-electron chi connectivity index (χ2n) is 11.8. The molecule has 1 saturated heterocycles. The second kappa shape index (κ2) is 13.0. The van der Waals surface area contributed by atoms with Gasteiger partial charge in [0.25, 0.3) is 0 Å². The minimum absolute atomic E-state index is 0.00605. The van der Waals surface area contributed by atoms with E-state index in [9.17, 15) is 22.7 Å². The van der Waals surface area contributed by atoms with Crippen LogP contribution in [0.1, 0.15) is 56.2 Å². The maximum absolute atomic E-state index is 14.8. The zero-order chi connectivity index (χ0) is 30.6. The Morgan fingerprint density at radius 1 is 0.674 bits per heavy atom. The van der Waals surface area contributed by atoms with E-state index in [1.807, 2.05) is 48.5 Å². The monoisotopic (exact) mass is 592 g/mol. The maximum atomic E-state index is 14.8. The van der Waals surface area contributed by atoms with Gasteiger partial charge in [0, 0.05) is 16.5 Å². The van der Waals surface area contributed by atoms with Crippen molar-refractivity contribution in [1.29, 1.82) is 0 Å². The summed E-state index contributed by atoms with van der Waals surface area (Å²) in [5.41, 5.74) is 4.17. The molecular formula is C36H36F4O3. The Morgan fingerprint density at radius 2 is 1.23 bits per heavy atom. The number of hydrogen-bond donors (Lipinski definition) is 1. The highest BCUT2D eigenvalue weighted by Crippen LogP contribution is 2.38. The van der Waals surface area contributed by atoms with E-state index in [-0.39, 0.29) is 16.5 Å². The van der Waals surface area contributed by atoms with E-state index in [0.717, 1.165) is 53.6 Å². The molecule has 0 aromatic heterocycles. The van der Waals surface area contributed by atoms with E-state index >= 15 is 0 Å². The highest BCUT2D eigenvalue weighted by molar-refractivity contribution is 5.65. The van der Waals surface area contributed by atoms with Crippen molar-refractivity contribution in [3.05, 3.63) is 119 Å². The highest BCUT2D eigenvalue weighted by Gasteiger charge is 2.42. The number of aryl methyl sites for hydroxylation is 2. The minimum atomic E-state index is -1.75. The first-order valence-electron chi connectivity index (χ1n) is 14.7. The van der Waals surface area contributed by atoms with E-state index in [1.165, 1.54) is 18.6 Å². The zero-order valence-corrected chi connectivity index (χ0v) is 24.4. The number of unbranched alkanes of at least 4 members (excludes halogenated alkanes) is 2. The Hall–Kier alpha value is -3.52. The third kappa shape index (κ3) is 7.18. The van der Waals surface area contributed by atoms with Crippen LogP contribution in [0.4, 0.5) is 17.6 Å². The van der Waals surface area contributed by atoms with Crippen molar-refractivity contribution in [3.8, 4) is 22.3 Å². The summed E-state index contributed by atoms with van der Waals surface area (Å²) >= 11 is 0. The van der Waals surface area contributed by atoms with Crippen molar-refractivity contribution in [3.63, 3.8) is 0 Å². The maximum Gasteiger partial charge on any atom is 0.309 e. The van der Waals surface area contributed by atoms with Gasteiger partial charge in [-0.25, -0.2) is 17.6 Å². The van der Waals surface area contributed by atoms with E-state index in [1.54, 1.807) is 6.07 Å². The van der Waals surface area contributed by atoms with Crippen LogP contribution in [0.2, 0.25) is 0 Å². The number of aliphatic hydroxyl groups is 1. The molecule has 1 heterocycles. The normalized spacial score (nSPS) is 20.3. The summed E-state index contributed by atoms with van der Waals surface area (Å²) in [4.78, 5) is 0. The molecule has 43 heavy (non-hydrogen) atoms. The van der Waals surface area contributed by atoms with Crippen molar-refractivity contribution in [2.45, 2.75) is 58.3 Å². The molecule has 4 aromatic carbocycles. The Morgan fingerprint density at radius 3 is 1.81 bits per heavy atom. The summed E-state index contributed by atoms with van der Waals surface area (Å²) in [6, 6.07) is 21.6. The molecule has 226 valence electrons. The average Bonchev–Trinajstić information content (AvgIpc) is 3.01. The first kappa shape index (κ1) is 30.9. The molecule has 1 aliphatic rings. The molecule has 1 N–H and O–H groups in total. The molecule has 0 radical (unpaired) electrons. The summed E-state index contributed by atoms with van der Waals surface area (Å²) in [7, 11) is 0. The lowest BCUT2D eigenvalue weighted by molar-refractivity contribution is -0.414. The van der Waals surface area contributed by atoms with Crippen LogP contribution in [0.3, 0.4) is 0 Å². The van der Waals surface area contributed by atoms with Crippen LogP contribution in [0.25, 0.3) is 22.3 Å². The first-order chi connectivity index (χ1) is 20.6. The molecule has 0 atom stereocenters. The van der Waals surface area contributed by atoms with Gasteiger partial charge in [-0.2, -0.15) is 0 Å². The molecule has 0 aliphatic carbocycles. The molecule has 1 aliphatic heterocycles. The molecule has 1 fully saturated rings. The quantitative estimate of drug-likeness (QED) is 0.113. The van der Waals surface area contributed by atoms with Gasteiger partial charge in [0.1, 0.15) is 5.82 Å². The van der Waals surface area contributed by atoms with Crippen LogP contribution in [-0.4, -0.2) is 18.3 Å². The minimum Gasteiger partial charge on any atom is -0.339 e. The van der Waals surface area contributed by atoms with Crippen LogP contribution in [-0.2, 0) is 28.3 Å². The highest BCUT2D eigenvalue weighted by atomic mass is 19.2. The van der Waals surface area contributed by atoms with Gasteiger partial charge in [-0.3, -0.25) is 0 Å². The van der Waals surface area contributed by atoms with Gasteiger partial charge in [0.2, 0.25) is 0 Å². The molecule has 0 saturated carbocycles. The lowest BCUT2D eigenvalue weighted by atomic mass is 9.85. The van der Waals surface area contributed by atoms with E-state index in [0.29, 0.717) is 31.6 Å². The van der Waals surface area contributed by atoms with Crippen LogP contribution < -0.4 is 0 Å². The SMILES string of the molecule is CCCCCC1(C)COC(O)(c2ccc(-c3ccc(CCc4ccc(-c5cc(F)c(F)c(F)c5)c(F)c4)cc3)cc2)OC1. The van der Waals surface area contributed by atoms with Gasteiger partial charge < -0.3 is 14.6 Å². The summed E-state index contributed by atoms with van der Waals surface area (Å²) in [5, 5.41) is 11.0. The number of ether oxygens (including phenoxy) is 2. The lowest BCUT2D eigenvalue weighted by Crippen LogP contribution is -2.46. The van der Waals surface area contributed by atoms with Gasteiger partial charge in [-0.15, -0.1) is 0 Å². The predicted molar refractivity (Wildman–Crippen MR) is 159 cm³/mol. The molecular weight excluding hydrogens is 556 g/mol. The molecule has 0 amide bonds. The fraction of sp³-hybridized carbons (Fsp3) is 0.333. The first-order valence-corrected chi connectivity index (χ1v) is 14.7. The van der Waals surface area contributed by atoms with Crippen LogP contribution >= 0.6 is 0 Å². The van der Waals surface area contributed by atoms with Crippen LogP contribution in [0.15, 0.2) is 78.9 Å². The van der Waals surface area contributed by atoms with E-state index in [4.69, 9.17) is 9.47 Å². The Bertz CT molecular complexity index is 1520. The number of hydrogen-bond acceptors (Lipinski definition) is 3. The van der Waals surface area contributed by atoms with Crippen molar-refractivity contribution >= 4 is 0 Å². The largest absolute Gasteiger partial charge is 0.339 e. The summed E-state index contributed by atoms with van der Waals surface area (Å²) in [6.07, 6.45) is 5.66. The molecule has 5 rings (SSSR count). The van der Waals surface area contributed by atoms with Gasteiger partial charge >= 0.3 is 5.97 Å². The van der Waals surface area contributed by atoms with E-state index in [2.05, 4.69) is 13.8 Å². The third-order valence-corrected chi connectivity index (χ3v) is 8.18. The van der Waals surface area contributed by atoms with Gasteiger partial charge in [0.15, 0.2) is 17.5 Å². The smallest absolute Gasteiger partial charge is 0.309 e. The number of rotatable bonds is 10.